The zero-order valence-corrected chi connectivity index (χ0v) is 18.9. The van der Waals surface area contributed by atoms with E-state index in [1.54, 1.807) is 12.2 Å². The van der Waals surface area contributed by atoms with Gasteiger partial charge in [0.15, 0.2) is 0 Å². The minimum Gasteiger partial charge on any atom is -0.645 e. The minimum absolute atomic E-state index is 0. The number of rotatable bonds is 6. The van der Waals surface area contributed by atoms with Gasteiger partial charge in [0, 0.05) is 17.1 Å². The number of hydrogen-bond acceptors (Lipinski definition) is 2. The van der Waals surface area contributed by atoms with Crippen molar-refractivity contribution in [3.8, 4) is 0 Å². The molecule has 0 amide bonds. The van der Waals surface area contributed by atoms with Gasteiger partial charge < -0.3 is 51.3 Å². The summed E-state index contributed by atoms with van der Waals surface area (Å²) in [6, 6.07) is 32.7. The Morgan fingerprint density at radius 3 is 1.78 bits per heavy atom. The van der Waals surface area contributed by atoms with E-state index in [0.717, 1.165) is 27.8 Å². The predicted octanol–water partition coefficient (Wildman–Crippen LogP) is 6.91. The van der Waals surface area contributed by atoms with Crippen molar-refractivity contribution in [3.05, 3.63) is 143 Å². The van der Waals surface area contributed by atoms with Gasteiger partial charge in [0.05, 0.1) is 0 Å². The quantitative estimate of drug-likeness (QED) is 0.136. The number of carbonyl (C=O) groups is 2. The Labute approximate surface area is 200 Å². The van der Waals surface area contributed by atoms with Crippen molar-refractivity contribution in [2.75, 3.05) is 0 Å². The minimum atomic E-state index is 0. The summed E-state index contributed by atoms with van der Waals surface area (Å²) in [6.45, 7) is 1.95. The van der Waals surface area contributed by atoms with Gasteiger partial charge in [-0.3, -0.25) is 0 Å². The Balaban J connectivity index is 0.000000220. The second-order valence-electron chi connectivity index (χ2n) is 7.01. The second-order valence-corrected chi connectivity index (χ2v) is 7.01. The van der Waals surface area contributed by atoms with Crippen LogP contribution in [-0.2, 0) is 17.1 Å². The van der Waals surface area contributed by atoms with Gasteiger partial charge in [-0.25, -0.2) is 0 Å². The third kappa shape index (κ3) is 7.63. The molecule has 0 saturated carbocycles. The monoisotopic (exact) mass is 460 g/mol. The first-order valence-corrected chi connectivity index (χ1v) is 10.1. The Morgan fingerprint density at radius 2 is 1.28 bits per heavy atom. The van der Waals surface area contributed by atoms with E-state index in [9.17, 15) is 9.59 Å². The van der Waals surface area contributed by atoms with E-state index in [-0.39, 0.29) is 28.6 Å². The molecule has 4 aromatic carbocycles. The summed E-state index contributed by atoms with van der Waals surface area (Å²) in [5.74, 6) is 0.107. The molecule has 0 aromatic heterocycles. The second kappa shape index (κ2) is 13.0. The van der Waals surface area contributed by atoms with Crippen LogP contribution in [-0.4, -0.2) is 11.6 Å². The Bertz CT molecular complexity index is 1150. The first-order valence-electron chi connectivity index (χ1n) is 10.1. The van der Waals surface area contributed by atoms with E-state index >= 15 is 0 Å². The summed E-state index contributed by atoms with van der Waals surface area (Å²) in [4.78, 5) is 23.4. The van der Waals surface area contributed by atoms with Crippen molar-refractivity contribution < 1.29 is 26.7 Å². The fourth-order valence-electron chi connectivity index (χ4n) is 2.98. The SMILES string of the molecule is C[c-]1cccc1C(=O)C=Cc1ccccc1.O=C(C=Cc1ccccc1)[c-]1[cH-][cH-][cH-][cH-]1.[Fe]. The summed E-state index contributed by atoms with van der Waals surface area (Å²) in [6.07, 6.45) is 6.90. The van der Waals surface area contributed by atoms with Crippen LogP contribution in [0.15, 0.2) is 115 Å². The normalized spacial score (nSPS) is 10.4. The van der Waals surface area contributed by atoms with Crippen LogP contribution in [0.2, 0.25) is 0 Å². The van der Waals surface area contributed by atoms with E-state index < -0.39 is 0 Å². The van der Waals surface area contributed by atoms with E-state index in [1.807, 2.05) is 122 Å². The van der Waals surface area contributed by atoms with Crippen LogP contribution in [0, 0.1) is 6.92 Å². The maximum Gasteiger partial charge on any atom is 0.100 e. The maximum atomic E-state index is 11.8. The van der Waals surface area contributed by atoms with Crippen LogP contribution in [0.4, 0.5) is 0 Å². The van der Waals surface area contributed by atoms with E-state index in [4.69, 9.17) is 0 Å². The molecular weight excluding hydrogens is 436 g/mol. The van der Waals surface area contributed by atoms with Gasteiger partial charge in [0.2, 0.25) is 0 Å². The van der Waals surface area contributed by atoms with Gasteiger partial charge in [0.25, 0.3) is 0 Å². The fraction of sp³-hybridized carbons (Fsp3) is 0.0345. The third-order valence-electron chi connectivity index (χ3n) is 4.70. The van der Waals surface area contributed by atoms with Gasteiger partial charge >= 0.3 is 0 Å². The first kappa shape index (κ1) is 24.7. The average Bonchev–Trinajstić information content (AvgIpc) is 3.50. The standard InChI is InChI=1S/C15H13O.C14H11O.Fe/c1-12-6-5-9-14(12)15(16)11-10-13-7-3-2-4-8-13;15-14(13-8-4-5-9-13)11-10-12-6-2-1-3-7-12;/h2-11H,1H3;1-11H;/q-1;-5;. The van der Waals surface area contributed by atoms with Gasteiger partial charge in [-0.15, -0.1) is 11.1 Å². The van der Waals surface area contributed by atoms with Crippen LogP contribution in [0.25, 0.3) is 12.2 Å². The molecule has 0 aliphatic heterocycles. The van der Waals surface area contributed by atoms with Crippen molar-refractivity contribution in [3.63, 3.8) is 0 Å². The average molecular weight is 460 g/mol. The largest absolute Gasteiger partial charge is 0.645 e. The molecule has 32 heavy (non-hydrogen) atoms. The van der Waals surface area contributed by atoms with E-state index in [2.05, 4.69) is 0 Å². The molecule has 4 rings (SSSR count). The number of hydrogen-bond donors (Lipinski definition) is 0. The van der Waals surface area contributed by atoms with Crippen LogP contribution in [0.1, 0.15) is 37.4 Å². The molecule has 0 saturated heterocycles. The van der Waals surface area contributed by atoms with Crippen LogP contribution < -0.4 is 0 Å². The molecule has 0 heterocycles. The molecule has 0 atom stereocenters. The molecule has 0 bridgehead atoms. The molecule has 0 spiro atoms. The number of ketones is 2. The van der Waals surface area contributed by atoms with E-state index in [1.165, 1.54) is 0 Å². The Kier molecular flexibility index (Phi) is 10.1. The molecule has 3 heteroatoms. The summed E-state index contributed by atoms with van der Waals surface area (Å²) >= 11 is 0. The summed E-state index contributed by atoms with van der Waals surface area (Å²) in [7, 11) is 0. The zero-order valence-electron chi connectivity index (χ0n) is 17.8. The van der Waals surface area contributed by atoms with Crippen molar-refractivity contribution in [1.29, 1.82) is 0 Å². The maximum absolute atomic E-state index is 11.8. The Hall–Kier alpha value is -3.52. The zero-order chi connectivity index (χ0) is 21.9. The molecule has 0 fully saturated rings. The molecule has 166 valence electrons. The smallest absolute Gasteiger partial charge is 0.100 e. The van der Waals surface area contributed by atoms with Crippen LogP contribution in [0.3, 0.4) is 0 Å². The molecule has 0 aliphatic carbocycles. The molecule has 0 aliphatic rings. The van der Waals surface area contributed by atoms with E-state index in [0.29, 0.717) is 0 Å². The Morgan fingerprint density at radius 1 is 0.750 bits per heavy atom. The van der Waals surface area contributed by atoms with Crippen molar-refractivity contribution in [2.45, 2.75) is 6.92 Å². The summed E-state index contributed by atoms with van der Waals surface area (Å²) in [5, 5.41) is 0. The number of benzene rings is 2. The van der Waals surface area contributed by atoms with Crippen molar-refractivity contribution >= 4 is 23.7 Å². The van der Waals surface area contributed by atoms with Gasteiger partial charge in [-0.1, -0.05) is 85.3 Å². The van der Waals surface area contributed by atoms with Gasteiger partial charge in [0.1, 0.15) is 5.78 Å². The van der Waals surface area contributed by atoms with Crippen LogP contribution >= 0.6 is 0 Å². The topological polar surface area (TPSA) is 34.1 Å². The van der Waals surface area contributed by atoms with Crippen molar-refractivity contribution in [1.82, 2.24) is 0 Å². The molecular formula is C29H24FeO2-6. The summed E-state index contributed by atoms with van der Waals surface area (Å²) in [5.41, 5.74) is 4.63. The van der Waals surface area contributed by atoms with Gasteiger partial charge in [-0.05, 0) is 5.56 Å². The molecule has 2 nitrogen and oxygen atoms in total. The van der Waals surface area contributed by atoms with Gasteiger partial charge in [-0.2, -0.15) is 24.3 Å². The molecule has 0 N–H and O–H groups in total. The predicted molar refractivity (Wildman–Crippen MR) is 128 cm³/mol. The molecule has 4 aromatic rings. The van der Waals surface area contributed by atoms with Crippen molar-refractivity contribution in [2.24, 2.45) is 0 Å². The molecule has 0 unspecified atom stereocenters. The fourth-order valence-corrected chi connectivity index (χ4v) is 2.98. The number of allylic oxidation sites excluding steroid dienone is 2. The molecule has 0 radical (unpaired) electrons. The third-order valence-corrected chi connectivity index (χ3v) is 4.70. The first-order chi connectivity index (χ1) is 15.1. The van der Waals surface area contributed by atoms with Crippen LogP contribution in [0.5, 0.6) is 0 Å². The number of carbonyl (C=O) groups excluding carboxylic acids is 2. The number of aryl methyl sites for hydroxylation is 1. The summed E-state index contributed by atoms with van der Waals surface area (Å²) < 4.78 is 0.